The number of fused-ring (bicyclic) bond motifs is 1. The van der Waals surface area contributed by atoms with Crippen LogP contribution in [0.1, 0.15) is 40.7 Å². The Morgan fingerprint density at radius 1 is 0.969 bits per heavy atom. The summed E-state index contributed by atoms with van der Waals surface area (Å²) in [5, 5.41) is 0. The highest BCUT2D eigenvalue weighted by molar-refractivity contribution is 5.93. The third kappa shape index (κ3) is 4.17. The predicted molar refractivity (Wildman–Crippen MR) is 119 cm³/mol. The van der Waals surface area contributed by atoms with E-state index in [2.05, 4.69) is 29.1 Å². The Balaban J connectivity index is 1.19. The van der Waals surface area contributed by atoms with E-state index >= 15 is 0 Å². The molecule has 2 fully saturated rings. The lowest BCUT2D eigenvalue weighted by Gasteiger charge is -2.37. The highest BCUT2D eigenvalue weighted by Gasteiger charge is 2.34. The molecule has 1 aromatic carbocycles. The number of rotatable bonds is 3. The second kappa shape index (κ2) is 9.03. The number of aromatic nitrogens is 2. The van der Waals surface area contributed by atoms with Crippen molar-refractivity contribution in [3.05, 3.63) is 53.6 Å². The molecule has 2 saturated heterocycles. The van der Waals surface area contributed by atoms with E-state index in [1.807, 2.05) is 32.6 Å². The summed E-state index contributed by atoms with van der Waals surface area (Å²) in [6.07, 6.45) is 3.17. The molecule has 1 atom stereocenters. The zero-order valence-corrected chi connectivity index (χ0v) is 18.7. The normalized spacial score (nSPS) is 22.6. The minimum atomic E-state index is -0.0500. The van der Waals surface area contributed by atoms with Crippen LogP contribution in [0.4, 0.5) is 0 Å². The Kier molecular flexibility index (Phi) is 5.97. The minimum absolute atomic E-state index is 0.0216. The van der Waals surface area contributed by atoms with E-state index in [1.165, 1.54) is 0 Å². The predicted octanol–water partition coefficient (Wildman–Crippen LogP) is 1.78. The summed E-state index contributed by atoms with van der Waals surface area (Å²) in [4.78, 5) is 36.6. The fraction of sp³-hybridized carbons (Fsp3) is 0.542. The Bertz CT molecular complexity index is 959. The molecule has 3 aliphatic heterocycles. The summed E-state index contributed by atoms with van der Waals surface area (Å²) in [6, 6.07) is 10.1. The summed E-state index contributed by atoms with van der Waals surface area (Å²) in [7, 11) is 2.09. The molecule has 170 valence electrons. The van der Waals surface area contributed by atoms with Crippen LogP contribution in [-0.2, 0) is 22.7 Å². The number of piperazine rings is 1. The van der Waals surface area contributed by atoms with Gasteiger partial charge in [0.15, 0.2) is 5.69 Å². The van der Waals surface area contributed by atoms with Gasteiger partial charge in [-0.25, -0.2) is 4.98 Å². The average Bonchev–Trinajstić information content (AvgIpc) is 3.27. The molecular weight excluding hydrogens is 406 g/mol. The molecule has 8 heteroatoms. The van der Waals surface area contributed by atoms with E-state index < -0.39 is 0 Å². The molecule has 4 heterocycles. The topological polar surface area (TPSA) is 70.9 Å². The van der Waals surface area contributed by atoms with Crippen LogP contribution in [0, 0.1) is 5.92 Å². The van der Waals surface area contributed by atoms with Crippen molar-refractivity contribution in [2.45, 2.75) is 32.1 Å². The Hall–Kier alpha value is -2.71. The first-order chi connectivity index (χ1) is 15.6. The van der Waals surface area contributed by atoms with E-state index in [0.29, 0.717) is 31.9 Å². The maximum atomic E-state index is 13.2. The summed E-state index contributed by atoms with van der Waals surface area (Å²) in [6.45, 7) is 5.70. The molecule has 0 bridgehead atoms. The highest BCUT2D eigenvalue weighted by atomic mass is 16.5. The van der Waals surface area contributed by atoms with Crippen LogP contribution in [0.5, 0.6) is 0 Å². The van der Waals surface area contributed by atoms with E-state index in [-0.39, 0.29) is 23.8 Å². The van der Waals surface area contributed by atoms with Crippen molar-refractivity contribution in [3.8, 4) is 0 Å². The molecular formula is C24H31N5O3. The molecule has 2 amide bonds. The van der Waals surface area contributed by atoms with Crippen LogP contribution in [0.15, 0.2) is 36.7 Å². The van der Waals surface area contributed by atoms with E-state index in [9.17, 15) is 9.59 Å². The number of hydrogen-bond donors (Lipinski definition) is 0. The number of piperidine rings is 1. The fourth-order valence-electron chi connectivity index (χ4n) is 4.94. The van der Waals surface area contributed by atoms with Gasteiger partial charge in [-0.2, -0.15) is 0 Å². The standard InChI is InChI=1S/C24H31N5O3/c1-26-11-13-28(14-12-26)23(30)19-7-9-27(10-8-19)24(31)22-20-16-32-21(15-29(20)17-25-22)18-5-3-2-4-6-18/h2-6,17,19,21H,7-16H2,1H3/t21-/m1/s1. The van der Waals surface area contributed by atoms with Gasteiger partial charge in [-0.15, -0.1) is 0 Å². The minimum Gasteiger partial charge on any atom is -0.365 e. The second-order valence-electron chi connectivity index (χ2n) is 9.10. The van der Waals surface area contributed by atoms with Gasteiger partial charge in [0.2, 0.25) is 5.91 Å². The Labute approximate surface area is 188 Å². The summed E-state index contributed by atoms with van der Waals surface area (Å²) < 4.78 is 8.10. The highest BCUT2D eigenvalue weighted by Crippen LogP contribution is 2.29. The number of ether oxygens (including phenoxy) is 1. The quantitative estimate of drug-likeness (QED) is 0.732. The van der Waals surface area contributed by atoms with E-state index in [0.717, 1.165) is 50.3 Å². The van der Waals surface area contributed by atoms with Crippen LogP contribution < -0.4 is 0 Å². The zero-order valence-electron chi connectivity index (χ0n) is 18.7. The van der Waals surface area contributed by atoms with Gasteiger partial charge in [0.05, 0.1) is 25.2 Å². The number of nitrogens with zero attached hydrogens (tertiary/aromatic N) is 5. The first-order valence-corrected chi connectivity index (χ1v) is 11.6. The van der Waals surface area contributed by atoms with Gasteiger partial charge >= 0.3 is 0 Å². The molecule has 0 spiro atoms. The number of carbonyl (C=O) groups excluding carboxylic acids is 2. The first kappa shape index (κ1) is 21.2. The van der Waals surface area contributed by atoms with Crippen molar-refractivity contribution in [3.63, 3.8) is 0 Å². The molecule has 8 nitrogen and oxygen atoms in total. The zero-order chi connectivity index (χ0) is 22.1. The van der Waals surface area contributed by atoms with Crippen LogP contribution in [0.2, 0.25) is 0 Å². The third-order valence-electron chi connectivity index (χ3n) is 7.05. The molecule has 0 saturated carbocycles. The lowest BCUT2D eigenvalue weighted by molar-refractivity contribution is -0.138. The van der Waals surface area contributed by atoms with Gasteiger partial charge in [0.1, 0.15) is 6.10 Å². The molecule has 0 radical (unpaired) electrons. The molecule has 3 aliphatic rings. The smallest absolute Gasteiger partial charge is 0.274 e. The van der Waals surface area contributed by atoms with Crippen LogP contribution in [0.3, 0.4) is 0 Å². The van der Waals surface area contributed by atoms with Gasteiger partial charge in [0, 0.05) is 45.2 Å². The largest absolute Gasteiger partial charge is 0.365 e. The summed E-state index contributed by atoms with van der Waals surface area (Å²) >= 11 is 0. The molecule has 32 heavy (non-hydrogen) atoms. The van der Waals surface area contributed by atoms with Gasteiger partial charge in [-0.1, -0.05) is 30.3 Å². The Morgan fingerprint density at radius 3 is 2.41 bits per heavy atom. The van der Waals surface area contributed by atoms with Crippen LogP contribution in [0.25, 0.3) is 0 Å². The van der Waals surface area contributed by atoms with Crippen LogP contribution >= 0.6 is 0 Å². The number of likely N-dealkylation sites (tertiary alicyclic amines) is 1. The SMILES string of the molecule is CN1CCN(C(=O)C2CCN(C(=O)c3ncn4c3CO[C@@H](c3ccccc3)C4)CC2)CC1. The average molecular weight is 438 g/mol. The number of likely N-dealkylation sites (N-methyl/N-ethyl adjacent to an activating group) is 1. The number of amides is 2. The molecule has 2 aromatic rings. The first-order valence-electron chi connectivity index (χ1n) is 11.6. The second-order valence-corrected chi connectivity index (χ2v) is 9.10. The van der Waals surface area contributed by atoms with Gasteiger partial charge in [0.25, 0.3) is 5.91 Å². The maximum absolute atomic E-state index is 13.2. The van der Waals surface area contributed by atoms with Crippen molar-refractivity contribution >= 4 is 11.8 Å². The van der Waals surface area contributed by atoms with E-state index in [1.54, 1.807) is 6.33 Å². The van der Waals surface area contributed by atoms with Gasteiger partial charge in [-0.05, 0) is 25.5 Å². The Morgan fingerprint density at radius 2 is 1.69 bits per heavy atom. The van der Waals surface area contributed by atoms with Gasteiger partial charge < -0.3 is 24.0 Å². The number of imidazole rings is 1. The number of carbonyl (C=O) groups is 2. The summed E-state index contributed by atoms with van der Waals surface area (Å²) in [5.41, 5.74) is 2.46. The number of hydrogen-bond acceptors (Lipinski definition) is 5. The van der Waals surface area contributed by atoms with Gasteiger partial charge in [-0.3, -0.25) is 9.59 Å². The maximum Gasteiger partial charge on any atom is 0.274 e. The lowest BCUT2D eigenvalue weighted by Crippen LogP contribution is -2.51. The summed E-state index contributed by atoms with van der Waals surface area (Å²) in [5.74, 6) is 0.226. The molecule has 0 aliphatic carbocycles. The molecule has 0 N–H and O–H groups in total. The monoisotopic (exact) mass is 437 g/mol. The van der Waals surface area contributed by atoms with Crippen LogP contribution in [-0.4, -0.2) is 82.4 Å². The lowest BCUT2D eigenvalue weighted by atomic mass is 9.94. The third-order valence-corrected chi connectivity index (χ3v) is 7.05. The molecule has 0 unspecified atom stereocenters. The fourth-order valence-corrected chi connectivity index (χ4v) is 4.94. The van der Waals surface area contributed by atoms with E-state index in [4.69, 9.17) is 4.74 Å². The van der Waals surface area contributed by atoms with Crippen molar-refractivity contribution in [1.29, 1.82) is 0 Å². The van der Waals surface area contributed by atoms with Crippen molar-refractivity contribution in [2.75, 3.05) is 46.3 Å². The van der Waals surface area contributed by atoms with Crippen molar-refractivity contribution in [1.82, 2.24) is 24.3 Å². The number of benzene rings is 1. The van der Waals surface area contributed by atoms with Crippen molar-refractivity contribution in [2.24, 2.45) is 5.92 Å². The molecule has 5 rings (SSSR count). The van der Waals surface area contributed by atoms with Crippen molar-refractivity contribution < 1.29 is 14.3 Å². The molecule has 1 aromatic heterocycles.